The normalized spacial score (nSPS) is 15.9. The Hall–Kier alpha value is -2.91. The van der Waals surface area contributed by atoms with E-state index in [0.29, 0.717) is 17.0 Å². The minimum atomic E-state index is -3.70. The van der Waals surface area contributed by atoms with E-state index in [1.165, 1.54) is 16.8 Å². The molecule has 31 heavy (non-hydrogen) atoms. The van der Waals surface area contributed by atoms with Crippen LogP contribution in [-0.2, 0) is 27.7 Å². The number of pyridine rings is 1. The predicted octanol–water partition coefficient (Wildman–Crippen LogP) is 2.55. The number of likely N-dealkylation sites (tertiary alicyclic amines) is 1. The molecule has 0 spiro atoms. The summed E-state index contributed by atoms with van der Waals surface area (Å²) in [5.74, 6) is 0.782. The molecule has 1 saturated heterocycles. The maximum atomic E-state index is 13.4. The molecule has 0 unspecified atom stereocenters. The number of aromatic nitrogens is 2. The molecule has 4 heterocycles. The highest BCUT2D eigenvalue weighted by Crippen LogP contribution is 2.30. The lowest BCUT2D eigenvalue weighted by molar-refractivity contribution is -0.122. The van der Waals surface area contributed by atoms with Crippen molar-refractivity contribution in [3.05, 3.63) is 53.9 Å². The van der Waals surface area contributed by atoms with Crippen molar-refractivity contribution in [3.8, 4) is 5.75 Å². The van der Waals surface area contributed by atoms with E-state index in [1.807, 2.05) is 6.07 Å². The summed E-state index contributed by atoms with van der Waals surface area (Å²) in [6.45, 7) is 3.55. The van der Waals surface area contributed by atoms with Gasteiger partial charge in [0.2, 0.25) is 0 Å². The zero-order valence-electron chi connectivity index (χ0n) is 17.1. The van der Waals surface area contributed by atoms with Crippen LogP contribution in [0.1, 0.15) is 24.0 Å². The fourth-order valence-corrected chi connectivity index (χ4v) is 5.63. The molecule has 1 fully saturated rings. The Morgan fingerprint density at radius 1 is 1.19 bits per heavy atom. The third kappa shape index (κ3) is 4.28. The van der Waals surface area contributed by atoms with Crippen LogP contribution in [0, 0.1) is 0 Å². The van der Waals surface area contributed by atoms with Gasteiger partial charge in [0.05, 0.1) is 22.5 Å². The standard InChI is InChI=1S/C21H23N3O3S.CH2O2/c25-28(26,18-5-6-20-16(14-18)8-13-27-20)24-15-17(7-12-23-10-1-2-11-23)21-19(24)4-3-9-22-21;2-1-3/h3-6,9,14-15H,1-2,7-8,10-13H2;1H,(H,2,3). The van der Waals surface area contributed by atoms with Gasteiger partial charge in [-0.1, -0.05) is 0 Å². The van der Waals surface area contributed by atoms with Crippen LogP contribution in [0.25, 0.3) is 11.0 Å². The number of nitrogens with zero attached hydrogens (tertiary/aromatic N) is 3. The average Bonchev–Trinajstić information content (AvgIpc) is 3.51. The van der Waals surface area contributed by atoms with E-state index in [2.05, 4.69) is 9.88 Å². The highest BCUT2D eigenvalue weighted by atomic mass is 32.2. The summed E-state index contributed by atoms with van der Waals surface area (Å²) in [7, 11) is -3.70. The van der Waals surface area contributed by atoms with Crippen LogP contribution in [0.15, 0.2) is 47.6 Å². The maximum absolute atomic E-state index is 13.4. The van der Waals surface area contributed by atoms with E-state index >= 15 is 0 Å². The molecule has 0 radical (unpaired) electrons. The van der Waals surface area contributed by atoms with Crippen molar-refractivity contribution in [2.45, 2.75) is 30.6 Å². The second-order valence-electron chi connectivity index (χ2n) is 7.60. The van der Waals surface area contributed by atoms with Crippen LogP contribution in [0.2, 0.25) is 0 Å². The van der Waals surface area contributed by atoms with E-state index in [1.54, 1.807) is 36.7 Å². The Labute approximate surface area is 181 Å². The lowest BCUT2D eigenvalue weighted by Crippen LogP contribution is -2.21. The minimum absolute atomic E-state index is 0.250. The first-order chi connectivity index (χ1) is 15.0. The second kappa shape index (κ2) is 9.07. The summed E-state index contributed by atoms with van der Waals surface area (Å²) in [5.41, 5.74) is 3.34. The molecular formula is C22H25N3O5S. The number of ether oxygens (including phenoxy) is 1. The van der Waals surface area contributed by atoms with Crippen LogP contribution in [0.3, 0.4) is 0 Å². The number of hydrogen-bond acceptors (Lipinski definition) is 6. The predicted molar refractivity (Wildman–Crippen MR) is 116 cm³/mol. The van der Waals surface area contributed by atoms with Gasteiger partial charge in [-0.3, -0.25) is 9.78 Å². The van der Waals surface area contributed by atoms with Crippen LogP contribution in [0.4, 0.5) is 0 Å². The molecule has 2 aromatic heterocycles. The zero-order valence-corrected chi connectivity index (χ0v) is 17.9. The molecule has 0 saturated carbocycles. The van der Waals surface area contributed by atoms with Crippen molar-refractivity contribution in [2.24, 2.45) is 0 Å². The number of rotatable bonds is 5. The van der Waals surface area contributed by atoms with Crippen LogP contribution >= 0.6 is 0 Å². The molecule has 0 bridgehead atoms. The summed E-state index contributed by atoms with van der Waals surface area (Å²) in [5, 5.41) is 6.89. The molecule has 2 aliphatic rings. The van der Waals surface area contributed by atoms with Gasteiger partial charge in [-0.2, -0.15) is 0 Å². The van der Waals surface area contributed by atoms with Crippen molar-refractivity contribution in [1.82, 2.24) is 13.9 Å². The topological polar surface area (TPSA) is 102 Å². The molecule has 0 atom stereocenters. The fraction of sp³-hybridized carbons (Fsp3) is 0.364. The van der Waals surface area contributed by atoms with Gasteiger partial charge < -0.3 is 14.7 Å². The van der Waals surface area contributed by atoms with Crippen LogP contribution in [0.5, 0.6) is 5.75 Å². The molecule has 3 aromatic rings. The fourth-order valence-electron chi connectivity index (χ4n) is 4.20. The van der Waals surface area contributed by atoms with Crippen molar-refractivity contribution in [3.63, 3.8) is 0 Å². The van der Waals surface area contributed by atoms with Crippen molar-refractivity contribution in [2.75, 3.05) is 26.2 Å². The van der Waals surface area contributed by atoms with Crippen molar-refractivity contribution in [1.29, 1.82) is 0 Å². The quantitative estimate of drug-likeness (QED) is 0.605. The van der Waals surface area contributed by atoms with E-state index in [-0.39, 0.29) is 6.47 Å². The maximum Gasteiger partial charge on any atom is 0.290 e. The molecule has 8 nitrogen and oxygen atoms in total. The summed E-state index contributed by atoms with van der Waals surface area (Å²) in [6, 6.07) is 8.74. The highest BCUT2D eigenvalue weighted by molar-refractivity contribution is 7.90. The van der Waals surface area contributed by atoms with Crippen LogP contribution < -0.4 is 4.74 Å². The number of carbonyl (C=O) groups is 1. The SMILES string of the molecule is O=CO.O=S(=O)(c1ccc2c(c1)CCO2)n1cc(CCN2CCCC2)c2ncccc21. The van der Waals surface area contributed by atoms with Gasteiger partial charge >= 0.3 is 0 Å². The van der Waals surface area contributed by atoms with Crippen molar-refractivity contribution < 1.29 is 23.1 Å². The molecule has 164 valence electrons. The number of hydrogen-bond donors (Lipinski definition) is 1. The van der Waals surface area contributed by atoms with E-state index < -0.39 is 10.0 Å². The Bertz CT molecular complexity index is 1180. The Morgan fingerprint density at radius 2 is 1.97 bits per heavy atom. The molecule has 1 N–H and O–H groups in total. The number of carboxylic acid groups (broad SMARTS) is 1. The molecule has 5 rings (SSSR count). The van der Waals surface area contributed by atoms with Gasteiger partial charge in [-0.25, -0.2) is 12.4 Å². The first kappa shape index (κ1) is 21.3. The molecule has 1 aromatic carbocycles. The lowest BCUT2D eigenvalue weighted by atomic mass is 10.2. The molecule has 2 aliphatic heterocycles. The number of fused-ring (bicyclic) bond motifs is 2. The third-order valence-corrected chi connectivity index (χ3v) is 7.38. The first-order valence-corrected chi connectivity index (χ1v) is 11.7. The monoisotopic (exact) mass is 443 g/mol. The van der Waals surface area contributed by atoms with Gasteiger partial charge in [0, 0.05) is 25.4 Å². The summed E-state index contributed by atoms with van der Waals surface area (Å²) < 4.78 is 33.7. The van der Waals surface area contributed by atoms with Gasteiger partial charge in [-0.05, 0) is 73.8 Å². The zero-order chi connectivity index (χ0) is 21.8. The second-order valence-corrected chi connectivity index (χ2v) is 9.41. The van der Waals surface area contributed by atoms with E-state index in [4.69, 9.17) is 14.6 Å². The molecule has 0 amide bonds. The Balaban J connectivity index is 0.000000730. The van der Waals surface area contributed by atoms with Gasteiger partial charge in [0.25, 0.3) is 16.5 Å². The largest absolute Gasteiger partial charge is 0.493 e. The number of benzene rings is 1. The summed E-state index contributed by atoms with van der Waals surface area (Å²) in [4.78, 5) is 15.6. The highest BCUT2D eigenvalue weighted by Gasteiger charge is 2.24. The van der Waals surface area contributed by atoms with Gasteiger partial charge in [0.1, 0.15) is 5.75 Å². The third-order valence-electron chi connectivity index (χ3n) is 5.71. The molecule has 0 aliphatic carbocycles. The first-order valence-electron chi connectivity index (χ1n) is 10.3. The minimum Gasteiger partial charge on any atom is -0.493 e. The smallest absolute Gasteiger partial charge is 0.290 e. The molecule has 9 heteroatoms. The Morgan fingerprint density at radius 3 is 2.74 bits per heavy atom. The van der Waals surface area contributed by atoms with Gasteiger partial charge in [-0.15, -0.1) is 0 Å². The Kier molecular flexibility index (Phi) is 6.24. The van der Waals surface area contributed by atoms with Crippen molar-refractivity contribution >= 4 is 27.5 Å². The van der Waals surface area contributed by atoms with Crippen LogP contribution in [-0.4, -0.2) is 60.1 Å². The summed E-state index contributed by atoms with van der Waals surface area (Å²) >= 11 is 0. The molecular weight excluding hydrogens is 418 g/mol. The van der Waals surface area contributed by atoms with Gasteiger partial charge in [0.15, 0.2) is 0 Å². The van der Waals surface area contributed by atoms with E-state index in [9.17, 15) is 8.42 Å². The lowest BCUT2D eigenvalue weighted by Gasteiger charge is -2.13. The van der Waals surface area contributed by atoms with E-state index in [0.717, 1.165) is 54.9 Å². The summed E-state index contributed by atoms with van der Waals surface area (Å²) in [6.07, 6.45) is 7.52. The average molecular weight is 444 g/mol.